The fourth-order valence-corrected chi connectivity index (χ4v) is 2.18. The Kier molecular flexibility index (Phi) is 4.27. The van der Waals surface area contributed by atoms with Crippen molar-refractivity contribution >= 4 is 16.8 Å². The average Bonchev–Trinajstić information content (AvgIpc) is 2.66. The molecule has 1 heterocycles. The Balaban J connectivity index is 2.31. The number of carbonyl (C=O) groups is 1. The highest BCUT2D eigenvalue weighted by Crippen LogP contribution is 2.18. The number of rotatable bonds is 6. The number of aromatic nitrogens is 2. The number of nitrogens with one attached hydrogen (secondary N) is 1. The zero-order valence-electron chi connectivity index (χ0n) is 11.2. The number of benzene rings is 1. The van der Waals surface area contributed by atoms with Gasteiger partial charge >= 0.3 is 0 Å². The highest BCUT2D eigenvalue weighted by Gasteiger charge is 2.10. The summed E-state index contributed by atoms with van der Waals surface area (Å²) in [4.78, 5) is 15.4. The minimum Gasteiger partial charge on any atom is -0.327 e. The number of hydrogen-bond acceptors (Lipinski definition) is 3. The molecule has 0 saturated heterocycles. The number of fused-ring (bicyclic) bond motifs is 1. The molecule has 0 aliphatic carbocycles. The van der Waals surface area contributed by atoms with Crippen LogP contribution in [0.15, 0.2) is 18.2 Å². The van der Waals surface area contributed by atoms with Crippen LogP contribution in [0.3, 0.4) is 0 Å². The third kappa shape index (κ3) is 3.17. The van der Waals surface area contributed by atoms with E-state index in [0.29, 0.717) is 18.5 Å². The molecule has 5 heteroatoms. The summed E-state index contributed by atoms with van der Waals surface area (Å²) in [7, 11) is 1.85. The summed E-state index contributed by atoms with van der Waals surface area (Å²) in [5, 5.41) is 3.06. The molecule has 0 radical (unpaired) electrons. The Morgan fingerprint density at radius 1 is 1.47 bits per heavy atom. The molecule has 0 aliphatic heterocycles. The summed E-state index contributed by atoms with van der Waals surface area (Å²) >= 11 is 0. The second-order valence-electron chi connectivity index (χ2n) is 4.65. The molecule has 2 rings (SSSR count). The van der Waals surface area contributed by atoms with Gasteiger partial charge in [0.05, 0.1) is 17.6 Å². The molecule has 0 amide bonds. The van der Waals surface area contributed by atoms with E-state index in [9.17, 15) is 9.18 Å². The number of halogens is 1. The summed E-state index contributed by atoms with van der Waals surface area (Å²) in [6.07, 6.45) is 1.33. The van der Waals surface area contributed by atoms with Crippen LogP contribution in [0.1, 0.15) is 25.6 Å². The molecule has 0 spiro atoms. The van der Waals surface area contributed by atoms with Crippen LogP contribution in [-0.4, -0.2) is 22.4 Å². The quantitative estimate of drug-likeness (QED) is 0.869. The Bertz CT molecular complexity index is 592. The van der Waals surface area contributed by atoms with Crippen molar-refractivity contribution in [3.8, 4) is 0 Å². The first-order chi connectivity index (χ1) is 9.11. The monoisotopic (exact) mass is 263 g/mol. The second-order valence-corrected chi connectivity index (χ2v) is 4.65. The van der Waals surface area contributed by atoms with Crippen LogP contribution in [0.25, 0.3) is 11.0 Å². The SMILES string of the molecule is CNCc1nc2cc(F)ccc2n1CCCC(C)=O. The molecule has 0 fully saturated rings. The molecule has 2 aromatic rings. The molecule has 0 bridgehead atoms. The second kappa shape index (κ2) is 5.93. The predicted octanol–water partition coefficient (Wildman–Crippen LogP) is 2.26. The van der Waals surface area contributed by atoms with Crippen LogP contribution in [0.4, 0.5) is 4.39 Å². The van der Waals surface area contributed by atoms with E-state index in [4.69, 9.17) is 0 Å². The molecular weight excluding hydrogens is 245 g/mol. The van der Waals surface area contributed by atoms with E-state index >= 15 is 0 Å². The highest BCUT2D eigenvalue weighted by atomic mass is 19.1. The van der Waals surface area contributed by atoms with Crippen molar-refractivity contribution in [1.29, 1.82) is 0 Å². The van der Waals surface area contributed by atoms with Gasteiger partial charge in [-0.25, -0.2) is 9.37 Å². The van der Waals surface area contributed by atoms with Gasteiger partial charge in [-0.2, -0.15) is 0 Å². The minimum absolute atomic E-state index is 0.186. The lowest BCUT2D eigenvalue weighted by molar-refractivity contribution is -0.117. The number of nitrogens with zero attached hydrogens (tertiary/aromatic N) is 2. The number of hydrogen-bond donors (Lipinski definition) is 1. The van der Waals surface area contributed by atoms with E-state index in [1.165, 1.54) is 12.1 Å². The van der Waals surface area contributed by atoms with Gasteiger partial charge in [0.2, 0.25) is 0 Å². The van der Waals surface area contributed by atoms with Crippen molar-refractivity contribution in [2.24, 2.45) is 0 Å². The summed E-state index contributed by atoms with van der Waals surface area (Å²) in [6, 6.07) is 4.62. The average molecular weight is 263 g/mol. The van der Waals surface area contributed by atoms with Gasteiger partial charge < -0.3 is 14.7 Å². The smallest absolute Gasteiger partial charge is 0.129 e. The molecule has 19 heavy (non-hydrogen) atoms. The van der Waals surface area contributed by atoms with Crippen LogP contribution in [0, 0.1) is 5.82 Å². The van der Waals surface area contributed by atoms with Crippen molar-refractivity contribution in [3.05, 3.63) is 29.8 Å². The lowest BCUT2D eigenvalue weighted by Gasteiger charge is -2.08. The lowest BCUT2D eigenvalue weighted by Crippen LogP contribution is -2.13. The third-order valence-corrected chi connectivity index (χ3v) is 3.03. The van der Waals surface area contributed by atoms with Gasteiger partial charge in [-0.15, -0.1) is 0 Å². The summed E-state index contributed by atoms with van der Waals surface area (Å²) < 4.78 is 15.3. The van der Waals surface area contributed by atoms with Crippen molar-refractivity contribution in [3.63, 3.8) is 0 Å². The molecule has 0 unspecified atom stereocenters. The van der Waals surface area contributed by atoms with Gasteiger partial charge in [0.1, 0.15) is 17.4 Å². The van der Waals surface area contributed by atoms with E-state index in [-0.39, 0.29) is 11.6 Å². The summed E-state index contributed by atoms with van der Waals surface area (Å²) in [5.41, 5.74) is 1.57. The zero-order chi connectivity index (χ0) is 13.8. The normalized spacial score (nSPS) is 11.1. The fraction of sp³-hybridized carbons (Fsp3) is 0.429. The zero-order valence-corrected chi connectivity index (χ0v) is 11.2. The molecule has 0 aliphatic rings. The first kappa shape index (κ1) is 13.7. The Morgan fingerprint density at radius 3 is 2.95 bits per heavy atom. The summed E-state index contributed by atoms with van der Waals surface area (Å²) in [5.74, 6) is 0.772. The standard InChI is InChI=1S/C14H18FN3O/c1-10(19)4-3-7-18-13-6-5-11(15)8-12(13)17-14(18)9-16-2/h5-6,8,16H,3-4,7,9H2,1-2H3. The van der Waals surface area contributed by atoms with Crippen LogP contribution >= 0.6 is 0 Å². The largest absolute Gasteiger partial charge is 0.327 e. The van der Waals surface area contributed by atoms with Crippen LogP contribution < -0.4 is 5.32 Å². The van der Waals surface area contributed by atoms with Crippen LogP contribution in [0.5, 0.6) is 0 Å². The van der Waals surface area contributed by atoms with Crippen LogP contribution in [0.2, 0.25) is 0 Å². The maximum Gasteiger partial charge on any atom is 0.129 e. The van der Waals surface area contributed by atoms with Crippen molar-refractivity contribution < 1.29 is 9.18 Å². The number of imidazole rings is 1. The van der Waals surface area contributed by atoms with E-state index in [1.807, 2.05) is 11.6 Å². The lowest BCUT2D eigenvalue weighted by atomic mass is 10.2. The maximum atomic E-state index is 13.2. The number of carbonyl (C=O) groups excluding carboxylic acids is 1. The van der Waals surface area contributed by atoms with Crippen molar-refractivity contribution in [1.82, 2.24) is 14.9 Å². The fourth-order valence-electron chi connectivity index (χ4n) is 2.18. The molecule has 4 nitrogen and oxygen atoms in total. The van der Waals surface area contributed by atoms with Gasteiger partial charge in [0, 0.05) is 19.0 Å². The van der Waals surface area contributed by atoms with E-state index in [0.717, 1.165) is 24.3 Å². The Labute approximate surface area is 111 Å². The maximum absolute atomic E-state index is 13.2. The molecule has 0 saturated carbocycles. The molecule has 1 aromatic heterocycles. The molecule has 1 aromatic carbocycles. The first-order valence-electron chi connectivity index (χ1n) is 6.40. The molecule has 102 valence electrons. The predicted molar refractivity (Wildman–Crippen MR) is 72.4 cm³/mol. The Hall–Kier alpha value is -1.75. The van der Waals surface area contributed by atoms with E-state index in [1.54, 1.807) is 13.0 Å². The van der Waals surface area contributed by atoms with Crippen LogP contribution in [-0.2, 0) is 17.9 Å². The highest BCUT2D eigenvalue weighted by molar-refractivity contribution is 5.76. The Morgan fingerprint density at radius 2 is 2.26 bits per heavy atom. The van der Waals surface area contributed by atoms with E-state index in [2.05, 4.69) is 10.3 Å². The topological polar surface area (TPSA) is 46.9 Å². The van der Waals surface area contributed by atoms with E-state index < -0.39 is 0 Å². The number of ketones is 1. The molecule has 0 atom stereocenters. The molecular formula is C14H18FN3O. The minimum atomic E-state index is -0.281. The van der Waals surface area contributed by atoms with Gasteiger partial charge in [-0.1, -0.05) is 0 Å². The summed E-state index contributed by atoms with van der Waals surface area (Å²) in [6.45, 7) is 2.94. The third-order valence-electron chi connectivity index (χ3n) is 3.03. The number of Topliss-reactive ketones (excluding diaryl/α,β-unsaturated/α-hetero) is 1. The van der Waals surface area contributed by atoms with Gasteiger partial charge in [-0.3, -0.25) is 0 Å². The van der Waals surface area contributed by atoms with Gasteiger partial charge in [0.15, 0.2) is 0 Å². The molecule has 1 N–H and O–H groups in total. The van der Waals surface area contributed by atoms with Gasteiger partial charge in [0.25, 0.3) is 0 Å². The first-order valence-corrected chi connectivity index (χ1v) is 6.40. The van der Waals surface area contributed by atoms with Gasteiger partial charge in [-0.05, 0) is 32.5 Å². The number of aryl methyl sites for hydroxylation is 1. The van der Waals surface area contributed by atoms with Crippen molar-refractivity contribution in [2.45, 2.75) is 32.9 Å². The van der Waals surface area contributed by atoms with Crippen molar-refractivity contribution in [2.75, 3.05) is 7.05 Å².